The minimum atomic E-state index is -1.45. The molecule has 3 heterocycles. The van der Waals surface area contributed by atoms with Gasteiger partial charge in [0.2, 0.25) is 11.3 Å². The van der Waals surface area contributed by atoms with Crippen molar-refractivity contribution in [1.82, 2.24) is 15.2 Å². The van der Waals surface area contributed by atoms with Gasteiger partial charge in [0.25, 0.3) is 0 Å². The van der Waals surface area contributed by atoms with Crippen molar-refractivity contribution < 1.29 is 44.2 Å². The van der Waals surface area contributed by atoms with E-state index in [4.69, 9.17) is 9.84 Å². The van der Waals surface area contributed by atoms with Crippen molar-refractivity contribution in [2.24, 2.45) is 0 Å². The lowest BCUT2D eigenvalue weighted by molar-refractivity contribution is -0.253. The highest BCUT2D eigenvalue weighted by molar-refractivity contribution is 5.93. The second-order valence-corrected chi connectivity index (χ2v) is 9.83. The fourth-order valence-electron chi connectivity index (χ4n) is 4.80. The third-order valence-electron chi connectivity index (χ3n) is 7.00. The molecule has 0 radical (unpaired) electrons. The van der Waals surface area contributed by atoms with Gasteiger partial charge >= 0.3 is 5.97 Å². The van der Waals surface area contributed by atoms with Gasteiger partial charge in [-0.05, 0) is 25.0 Å². The van der Waals surface area contributed by atoms with Gasteiger partial charge in [-0.25, -0.2) is 9.18 Å². The lowest BCUT2D eigenvalue weighted by atomic mass is 9.97. The van der Waals surface area contributed by atoms with Crippen molar-refractivity contribution in [1.29, 1.82) is 0 Å². The topological polar surface area (TPSA) is 194 Å². The molecule has 14 heteroatoms. The molecule has 0 spiro atoms. The summed E-state index contributed by atoms with van der Waals surface area (Å²) in [5.74, 6) is -2.22. The number of piperazine rings is 1. The summed E-state index contributed by atoms with van der Waals surface area (Å²) in [6.45, 7) is 3.65. The summed E-state index contributed by atoms with van der Waals surface area (Å²) in [6, 6.07) is 1.98. The number of benzene rings is 1. The van der Waals surface area contributed by atoms with Crippen molar-refractivity contribution in [2.75, 3.05) is 37.7 Å². The normalized spacial score (nSPS) is 27.0. The van der Waals surface area contributed by atoms with Gasteiger partial charge in [-0.1, -0.05) is 0 Å². The maximum atomic E-state index is 14.6. The molecule has 7 N–H and O–H groups in total. The number of aromatic carboxylic acids is 1. The Bertz CT molecular complexity index is 1280. The SMILES string of the molecule is CC(=O)N[C@@H]1[C@@H](O)[C@H](O)[C@@H](CO)O[C@@H]1O.O=C(O)c1cn(C2CC2)c2cc(N3CCNCC3)c(F)cc2c1=O. The average molecular weight is 553 g/mol. The molecule has 1 aromatic heterocycles. The highest BCUT2D eigenvalue weighted by Gasteiger charge is 2.43. The number of fused-ring (bicyclic) bond motifs is 1. The van der Waals surface area contributed by atoms with Crippen LogP contribution in [0, 0.1) is 5.82 Å². The van der Waals surface area contributed by atoms with E-state index in [1.807, 2.05) is 9.47 Å². The first-order chi connectivity index (χ1) is 18.5. The zero-order valence-corrected chi connectivity index (χ0v) is 21.3. The Morgan fingerprint density at radius 1 is 1.15 bits per heavy atom. The maximum Gasteiger partial charge on any atom is 0.341 e. The monoisotopic (exact) mass is 552 g/mol. The Morgan fingerprint density at radius 2 is 1.82 bits per heavy atom. The van der Waals surface area contributed by atoms with Gasteiger partial charge in [-0.3, -0.25) is 9.59 Å². The van der Waals surface area contributed by atoms with Crippen LogP contribution in [0.2, 0.25) is 0 Å². The van der Waals surface area contributed by atoms with E-state index in [0.717, 1.165) is 25.9 Å². The maximum absolute atomic E-state index is 14.6. The van der Waals surface area contributed by atoms with Crippen LogP contribution in [0.1, 0.15) is 36.2 Å². The van der Waals surface area contributed by atoms with Gasteiger partial charge in [-0.2, -0.15) is 0 Å². The number of aliphatic hydroxyl groups excluding tert-OH is 4. The Balaban J connectivity index is 0.000000204. The fraction of sp³-hybridized carbons (Fsp3) is 0.560. The van der Waals surface area contributed by atoms with E-state index in [2.05, 4.69) is 10.6 Å². The number of rotatable bonds is 5. The van der Waals surface area contributed by atoms with Gasteiger partial charge in [0.1, 0.15) is 35.7 Å². The molecule has 0 bridgehead atoms. The lowest BCUT2D eigenvalue weighted by Gasteiger charge is -2.40. The molecule has 5 rings (SSSR count). The van der Waals surface area contributed by atoms with E-state index in [9.17, 15) is 39.2 Å². The number of ether oxygens (including phenoxy) is 1. The summed E-state index contributed by atoms with van der Waals surface area (Å²) >= 11 is 0. The Hall–Kier alpha value is -3.14. The number of anilines is 1. The van der Waals surface area contributed by atoms with Crippen LogP contribution in [0.15, 0.2) is 23.1 Å². The number of carboxylic acid groups (broad SMARTS) is 1. The van der Waals surface area contributed by atoms with Gasteiger partial charge < -0.3 is 50.4 Å². The Kier molecular flexibility index (Phi) is 8.83. The number of hydrogen-bond acceptors (Lipinski definition) is 10. The molecule has 3 fully saturated rings. The molecule has 1 amide bonds. The first-order valence-corrected chi connectivity index (χ1v) is 12.7. The summed E-state index contributed by atoms with van der Waals surface area (Å²) in [7, 11) is 0. The zero-order valence-electron chi connectivity index (χ0n) is 21.3. The molecular formula is C25H33FN4O9. The predicted molar refractivity (Wildman–Crippen MR) is 136 cm³/mol. The molecule has 2 saturated heterocycles. The molecule has 5 atom stereocenters. The van der Waals surface area contributed by atoms with Crippen molar-refractivity contribution in [3.8, 4) is 0 Å². The van der Waals surface area contributed by atoms with Crippen LogP contribution in [-0.2, 0) is 9.53 Å². The van der Waals surface area contributed by atoms with Gasteiger partial charge in [0.15, 0.2) is 6.29 Å². The number of aliphatic hydroxyl groups is 4. The zero-order chi connectivity index (χ0) is 28.4. The van der Waals surface area contributed by atoms with Gasteiger partial charge in [0, 0.05) is 50.7 Å². The molecule has 0 unspecified atom stereocenters. The second kappa shape index (κ2) is 11.9. The van der Waals surface area contributed by atoms with E-state index < -0.39 is 60.4 Å². The molecule has 2 aliphatic heterocycles. The highest BCUT2D eigenvalue weighted by atomic mass is 19.1. The van der Waals surface area contributed by atoms with Crippen LogP contribution < -0.4 is 21.0 Å². The quantitative estimate of drug-likeness (QED) is 0.228. The number of nitrogens with zero attached hydrogens (tertiary/aromatic N) is 2. The summed E-state index contributed by atoms with van der Waals surface area (Å²) in [5, 5.41) is 52.0. The smallest absolute Gasteiger partial charge is 0.341 e. The van der Waals surface area contributed by atoms with E-state index in [1.54, 1.807) is 6.07 Å². The summed E-state index contributed by atoms with van der Waals surface area (Å²) in [6.07, 6.45) is -1.95. The number of hydrogen-bond donors (Lipinski definition) is 7. The summed E-state index contributed by atoms with van der Waals surface area (Å²) < 4.78 is 21.2. The number of pyridine rings is 1. The number of carbonyl (C=O) groups is 2. The number of carboxylic acids is 1. The first kappa shape index (κ1) is 28.9. The minimum Gasteiger partial charge on any atom is -0.477 e. The van der Waals surface area contributed by atoms with Gasteiger partial charge in [-0.15, -0.1) is 0 Å². The van der Waals surface area contributed by atoms with Crippen molar-refractivity contribution in [3.05, 3.63) is 39.9 Å². The Labute approximate surface area is 222 Å². The number of nitrogens with one attached hydrogen (secondary N) is 2. The standard InChI is InChI=1S/C17H18FN3O3.C8H15NO6/c18-13-7-11-14(8-15(13)20-5-3-19-4-6-20)21(10-1-2-10)9-12(16(11)22)17(23)24;1-3(11)9-5-7(13)6(12)4(2-10)15-8(5)14/h7-10,19H,1-6H2,(H,23,24);4-8,10,12-14H,2H2,1H3,(H,9,11)/t;4-,5-,6-,7-,8+/m.1/s1. The van der Waals surface area contributed by atoms with Crippen molar-refractivity contribution >= 4 is 28.5 Å². The number of carbonyl (C=O) groups excluding carboxylic acids is 1. The largest absolute Gasteiger partial charge is 0.477 e. The Morgan fingerprint density at radius 3 is 2.38 bits per heavy atom. The number of halogens is 1. The molecule has 1 saturated carbocycles. The molecule has 2 aromatic rings. The minimum absolute atomic E-state index is 0.137. The van der Waals surface area contributed by atoms with Crippen LogP contribution in [0.25, 0.3) is 10.9 Å². The molecular weight excluding hydrogens is 519 g/mol. The number of amides is 1. The summed E-state index contributed by atoms with van der Waals surface area (Å²) in [5.41, 5.74) is 0.159. The van der Waals surface area contributed by atoms with Crippen LogP contribution in [-0.4, -0.2) is 105 Å². The third kappa shape index (κ3) is 6.21. The highest BCUT2D eigenvalue weighted by Crippen LogP contribution is 2.38. The first-order valence-electron chi connectivity index (χ1n) is 12.7. The second-order valence-electron chi connectivity index (χ2n) is 9.83. The third-order valence-corrected chi connectivity index (χ3v) is 7.00. The fourth-order valence-corrected chi connectivity index (χ4v) is 4.80. The van der Waals surface area contributed by atoms with Crippen molar-refractivity contribution in [3.63, 3.8) is 0 Å². The number of aromatic nitrogens is 1. The molecule has 1 aliphatic carbocycles. The molecule has 1 aromatic carbocycles. The molecule has 3 aliphatic rings. The van der Waals surface area contributed by atoms with Crippen LogP contribution in [0.3, 0.4) is 0 Å². The van der Waals surface area contributed by atoms with Crippen LogP contribution in [0.5, 0.6) is 0 Å². The van der Waals surface area contributed by atoms with E-state index in [1.165, 1.54) is 19.2 Å². The molecule has 39 heavy (non-hydrogen) atoms. The van der Waals surface area contributed by atoms with Crippen LogP contribution in [0.4, 0.5) is 10.1 Å². The van der Waals surface area contributed by atoms with E-state index in [0.29, 0.717) is 24.3 Å². The summed E-state index contributed by atoms with van der Waals surface area (Å²) in [4.78, 5) is 36.5. The van der Waals surface area contributed by atoms with E-state index in [-0.39, 0.29) is 17.0 Å². The predicted octanol–water partition coefficient (Wildman–Crippen LogP) is -1.49. The van der Waals surface area contributed by atoms with Crippen molar-refractivity contribution in [2.45, 2.75) is 56.5 Å². The van der Waals surface area contributed by atoms with E-state index >= 15 is 0 Å². The molecule has 13 nitrogen and oxygen atoms in total. The van der Waals surface area contributed by atoms with Gasteiger partial charge in [0.05, 0.1) is 17.8 Å². The van der Waals surface area contributed by atoms with Crippen LogP contribution >= 0.6 is 0 Å². The average Bonchev–Trinajstić information content (AvgIpc) is 3.75. The lowest BCUT2D eigenvalue weighted by Crippen LogP contribution is -2.63. The molecule has 214 valence electrons.